The van der Waals surface area contributed by atoms with Crippen LogP contribution in [0.3, 0.4) is 0 Å². The summed E-state index contributed by atoms with van der Waals surface area (Å²) in [4.78, 5) is 25.9. The van der Waals surface area contributed by atoms with Gasteiger partial charge in [-0.05, 0) is 60.8 Å². The van der Waals surface area contributed by atoms with Crippen LogP contribution in [0, 0.1) is 37.5 Å². The Kier molecular flexibility index (Phi) is 12.2. The summed E-state index contributed by atoms with van der Waals surface area (Å²) in [7, 11) is 0. The minimum atomic E-state index is -1.52. The van der Waals surface area contributed by atoms with E-state index in [1.807, 2.05) is 147 Å². The maximum absolute atomic E-state index is 11.5. The number of aryl methyl sites for hydroxylation is 2. The standard InChI is InChI=1S/C30H22O2.2C6H7NO/c31-29(25-15-5-1-6-16-25,26-17-7-2-8-18-26)23-13-14-24-30(32,27-19-9-3-10-20-27)28-21-11-4-12-22-28;2*1-5-2-3-7-6(8)4-5/h1-12,15-22,31-32H;2*2-4H,1H3,(H,7,8). The highest BCUT2D eigenvalue weighted by molar-refractivity contribution is 5.50. The van der Waals surface area contributed by atoms with Gasteiger partial charge in [0.05, 0.1) is 0 Å². The Morgan fingerprint density at radius 3 is 0.938 bits per heavy atom. The zero-order valence-corrected chi connectivity index (χ0v) is 26.7. The second-order valence-electron chi connectivity index (χ2n) is 10.8. The van der Waals surface area contributed by atoms with E-state index in [1.54, 1.807) is 24.5 Å². The molecular weight excluding hydrogens is 596 g/mol. The molecule has 0 bridgehead atoms. The Labute approximate surface area is 280 Å². The number of aromatic amines is 2. The van der Waals surface area contributed by atoms with E-state index in [-0.39, 0.29) is 11.1 Å². The average molecular weight is 633 g/mol. The number of pyridine rings is 2. The molecule has 0 aliphatic rings. The lowest BCUT2D eigenvalue weighted by Crippen LogP contribution is -2.25. The first kappa shape index (κ1) is 34.7. The van der Waals surface area contributed by atoms with Crippen LogP contribution in [-0.4, -0.2) is 20.2 Å². The lowest BCUT2D eigenvalue weighted by molar-refractivity contribution is 0.144. The lowest BCUT2D eigenvalue weighted by Gasteiger charge is -2.23. The molecule has 0 amide bonds. The van der Waals surface area contributed by atoms with Gasteiger partial charge < -0.3 is 20.2 Å². The van der Waals surface area contributed by atoms with Crippen LogP contribution < -0.4 is 11.1 Å². The first-order valence-electron chi connectivity index (χ1n) is 15.2. The van der Waals surface area contributed by atoms with Crippen LogP contribution in [0.2, 0.25) is 0 Å². The Morgan fingerprint density at radius 2 is 0.729 bits per heavy atom. The first-order chi connectivity index (χ1) is 23.2. The van der Waals surface area contributed by atoms with Gasteiger partial charge in [-0.2, -0.15) is 0 Å². The van der Waals surface area contributed by atoms with Crippen molar-refractivity contribution in [2.75, 3.05) is 0 Å². The molecule has 0 saturated carbocycles. The van der Waals surface area contributed by atoms with Gasteiger partial charge in [0.1, 0.15) is 0 Å². The molecule has 0 atom stereocenters. The number of aromatic nitrogens is 2. The average Bonchev–Trinajstić information content (AvgIpc) is 3.12. The maximum Gasteiger partial charge on any atom is 0.248 e. The third-order valence-electron chi connectivity index (χ3n) is 7.18. The predicted octanol–water partition coefficient (Wildman–Crippen LogP) is 6.23. The molecule has 6 heteroatoms. The van der Waals surface area contributed by atoms with Crippen molar-refractivity contribution in [2.24, 2.45) is 0 Å². The molecule has 6 aromatic rings. The number of rotatable bonds is 4. The van der Waals surface area contributed by atoms with Crippen molar-refractivity contribution in [3.05, 3.63) is 212 Å². The van der Waals surface area contributed by atoms with E-state index in [9.17, 15) is 19.8 Å². The van der Waals surface area contributed by atoms with E-state index in [0.717, 1.165) is 11.1 Å². The molecule has 4 N–H and O–H groups in total. The Bertz CT molecular complexity index is 1880. The predicted molar refractivity (Wildman–Crippen MR) is 191 cm³/mol. The third-order valence-corrected chi connectivity index (χ3v) is 7.18. The molecule has 2 aromatic heterocycles. The summed E-state index contributed by atoms with van der Waals surface area (Å²) in [6.07, 6.45) is 3.27. The molecule has 0 unspecified atom stereocenters. The number of hydrogen-bond acceptors (Lipinski definition) is 4. The van der Waals surface area contributed by atoms with Crippen LogP contribution in [0.4, 0.5) is 0 Å². The van der Waals surface area contributed by atoms with Crippen LogP contribution in [0.25, 0.3) is 0 Å². The van der Waals surface area contributed by atoms with Gasteiger partial charge in [-0.3, -0.25) is 9.59 Å². The lowest BCUT2D eigenvalue weighted by atomic mass is 9.86. The van der Waals surface area contributed by atoms with E-state index in [0.29, 0.717) is 22.3 Å². The molecule has 238 valence electrons. The summed E-state index contributed by atoms with van der Waals surface area (Å²) >= 11 is 0. The number of aliphatic hydroxyl groups is 2. The Hall–Kier alpha value is -6.18. The van der Waals surface area contributed by atoms with E-state index in [4.69, 9.17) is 0 Å². The van der Waals surface area contributed by atoms with Gasteiger partial charge in [-0.25, -0.2) is 0 Å². The fraction of sp³-hybridized carbons (Fsp3) is 0.0952. The molecule has 48 heavy (non-hydrogen) atoms. The number of benzene rings is 4. The van der Waals surface area contributed by atoms with Crippen molar-refractivity contribution in [1.29, 1.82) is 0 Å². The van der Waals surface area contributed by atoms with Crippen molar-refractivity contribution < 1.29 is 10.2 Å². The van der Waals surface area contributed by atoms with E-state index in [2.05, 4.69) is 33.6 Å². The Morgan fingerprint density at radius 1 is 0.458 bits per heavy atom. The Balaban J connectivity index is 0.000000264. The van der Waals surface area contributed by atoms with Gasteiger partial charge in [0.25, 0.3) is 0 Å². The molecule has 4 aromatic carbocycles. The summed E-state index contributed by atoms with van der Waals surface area (Å²) in [5, 5.41) is 23.0. The van der Waals surface area contributed by atoms with Crippen LogP contribution in [-0.2, 0) is 11.2 Å². The normalized spacial score (nSPS) is 10.3. The van der Waals surface area contributed by atoms with Gasteiger partial charge in [0, 0.05) is 46.8 Å². The highest BCUT2D eigenvalue weighted by Gasteiger charge is 2.30. The van der Waals surface area contributed by atoms with Gasteiger partial charge in [-0.15, -0.1) is 0 Å². The number of hydrogen-bond donors (Lipinski definition) is 4. The maximum atomic E-state index is 11.5. The van der Waals surface area contributed by atoms with Gasteiger partial charge in [0.2, 0.25) is 11.1 Å². The van der Waals surface area contributed by atoms with Crippen molar-refractivity contribution in [2.45, 2.75) is 25.0 Å². The number of nitrogens with one attached hydrogen (secondary N) is 2. The second kappa shape index (κ2) is 16.9. The second-order valence-corrected chi connectivity index (χ2v) is 10.8. The topological polar surface area (TPSA) is 106 Å². The monoisotopic (exact) mass is 632 g/mol. The van der Waals surface area contributed by atoms with Crippen molar-refractivity contribution in [3.8, 4) is 23.7 Å². The van der Waals surface area contributed by atoms with Gasteiger partial charge in [-0.1, -0.05) is 121 Å². The van der Waals surface area contributed by atoms with Crippen LogP contribution in [0.15, 0.2) is 168 Å². The molecule has 0 aliphatic heterocycles. The van der Waals surface area contributed by atoms with E-state index in [1.165, 1.54) is 0 Å². The summed E-state index contributed by atoms with van der Waals surface area (Å²) in [5.41, 5.74) is 1.49. The van der Waals surface area contributed by atoms with Crippen molar-refractivity contribution in [1.82, 2.24) is 9.97 Å². The highest BCUT2D eigenvalue weighted by Crippen LogP contribution is 2.30. The van der Waals surface area contributed by atoms with Crippen LogP contribution >= 0.6 is 0 Å². The molecule has 2 heterocycles. The summed E-state index contributed by atoms with van der Waals surface area (Å²) in [6, 6.07) is 43.9. The molecule has 0 saturated heterocycles. The minimum absolute atomic E-state index is 0.0370. The molecule has 0 fully saturated rings. The van der Waals surface area contributed by atoms with Crippen molar-refractivity contribution >= 4 is 0 Å². The molecular formula is C42H36N2O4. The highest BCUT2D eigenvalue weighted by atomic mass is 16.3. The zero-order valence-electron chi connectivity index (χ0n) is 26.7. The minimum Gasteiger partial charge on any atom is -0.369 e. The van der Waals surface area contributed by atoms with E-state index < -0.39 is 11.2 Å². The first-order valence-corrected chi connectivity index (χ1v) is 15.2. The summed E-state index contributed by atoms with van der Waals surface area (Å²) in [5.74, 6) is 11.4. The quantitative estimate of drug-likeness (QED) is 0.173. The molecule has 0 aliphatic carbocycles. The van der Waals surface area contributed by atoms with Gasteiger partial charge in [0.15, 0.2) is 11.2 Å². The zero-order chi connectivity index (χ0) is 34.2. The SMILES string of the molecule is Cc1cc[nH]c(=O)c1.Cc1cc[nH]c(=O)c1.OC(C#CC#CC(O)(c1ccccc1)c1ccccc1)(c1ccccc1)c1ccccc1. The largest absolute Gasteiger partial charge is 0.369 e. The van der Waals surface area contributed by atoms with Gasteiger partial charge >= 0.3 is 0 Å². The number of H-pyrrole nitrogens is 2. The van der Waals surface area contributed by atoms with Crippen LogP contribution in [0.5, 0.6) is 0 Å². The molecule has 0 spiro atoms. The fourth-order valence-electron chi connectivity index (χ4n) is 4.69. The molecule has 0 radical (unpaired) electrons. The fourth-order valence-corrected chi connectivity index (χ4v) is 4.69. The third kappa shape index (κ3) is 9.66. The molecule has 6 rings (SSSR count). The summed E-state index contributed by atoms with van der Waals surface area (Å²) < 4.78 is 0. The van der Waals surface area contributed by atoms with Crippen LogP contribution in [0.1, 0.15) is 33.4 Å². The summed E-state index contributed by atoms with van der Waals surface area (Å²) in [6.45, 7) is 3.77. The van der Waals surface area contributed by atoms with E-state index >= 15 is 0 Å². The smallest absolute Gasteiger partial charge is 0.248 e. The molecule has 6 nitrogen and oxygen atoms in total. The van der Waals surface area contributed by atoms with Crippen molar-refractivity contribution in [3.63, 3.8) is 0 Å².